The number of hydrazone groups is 2. The molecule has 7 nitrogen and oxygen atoms in total. The lowest BCUT2D eigenvalue weighted by molar-refractivity contribution is 0.113. The summed E-state index contributed by atoms with van der Waals surface area (Å²) in [6.07, 6.45) is 2.68. The third-order valence-electron chi connectivity index (χ3n) is 4.38. The van der Waals surface area contributed by atoms with E-state index in [0.717, 1.165) is 43.8 Å². The predicted octanol–water partition coefficient (Wildman–Crippen LogP) is 2.68. The first kappa shape index (κ1) is 23.2. The molecule has 0 aliphatic heterocycles. The molecule has 4 N–H and O–H groups in total. The number of ether oxygens (including phenoxy) is 1. The molecule has 1 atom stereocenters. The quantitative estimate of drug-likeness (QED) is 0.270. The Hall–Kier alpha value is -2.10. The van der Waals surface area contributed by atoms with Gasteiger partial charge in [-0.25, -0.2) is 0 Å². The lowest BCUT2D eigenvalue weighted by atomic mass is 10.0. The van der Waals surface area contributed by atoms with E-state index in [1.807, 2.05) is 32.0 Å². The second-order valence-corrected chi connectivity index (χ2v) is 7.38. The van der Waals surface area contributed by atoms with Crippen molar-refractivity contribution in [2.45, 2.75) is 39.7 Å². The van der Waals surface area contributed by atoms with Crippen LogP contribution in [-0.2, 0) is 11.3 Å². The molecule has 9 heteroatoms. The molecule has 1 saturated carbocycles. The van der Waals surface area contributed by atoms with Crippen LogP contribution in [0.25, 0.3) is 0 Å². The van der Waals surface area contributed by atoms with Crippen LogP contribution >= 0.6 is 24.4 Å². The van der Waals surface area contributed by atoms with E-state index in [-0.39, 0.29) is 5.92 Å². The summed E-state index contributed by atoms with van der Waals surface area (Å²) in [5.41, 5.74) is 8.79. The van der Waals surface area contributed by atoms with Crippen molar-refractivity contribution >= 4 is 46.1 Å². The summed E-state index contributed by atoms with van der Waals surface area (Å²) >= 11 is 10.4. The highest BCUT2D eigenvalue weighted by atomic mass is 32.1. The Morgan fingerprint density at radius 3 is 2.34 bits per heavy atom. The zero-order chi connectivity index (χ0) is 20.9. The van der Waals surface area contributed by atoms with Gasteiger partial charge in [-0.15, -0.1) is 0 Å². The van der Waals surface area contributed by atoms with Crippen LogP contribution in [0.2, 0.25) is 0 Å². The minimum absolute atomic E-state index is 0.260. The number of hydrogen-bond donors (Lipinski definition) is 4. The number of hydrogen-bond acceptors (Lipinski definition) is 5. The molecule has 0 aromatic heterocycles. The average molecular weight is 435 g/mol. The second kappa shape index (κ2) is 13.2. The standard InChI is InChI=1S/C20H30N6OS2/c1-3-21-19(28)25-23-17-11-10-16(18(17)24-26-20(29)22-4-2)12-13-27-14-15-8-6-5-7-9-15/h5-9,16H,3-4,10-14H2,1-2H3,(H2,21,25,28)(H2,22,26,29)/b23-17+,24-18+/t16-/m1/s1. The van der Waals surface area contributed by atoms with Crippen LogP contribution in [0.5, 0.6) is 0 Å². The molecule has 0 amide bonds. The maximum atomic E-state index is 5.86. The van der Waals surface area contributed by atoms with Crippen molar-refractivity contribution in [1.29, 1.82) is 0 Å². The van der Waals surface area contributed by atoms with E-state index in [2.05, 4.69) is 43.8 Å². The molecule has 1 aromatic carbocycles. The van der Waals surface area contributed by atoms with Crippen LogP contribution < -0.4 is 21.5 Å². The van der Waals surface area contributed by atoms with Crippen molar-refractivity contribution in [1.82, 2.24) is 21.5 Å². The van der Waals surface area contributed by atoms with Gasteiger partial charge in [0.25, 0.3) is 0 Å². The van der Waals surface area contributed by atoms with Crippen molar-refractivity contribution < 1.29 is 4.74 Å². The number of nitrogens with one attached hydrogen (secondary N) is 4. The van der Waals surface area contributed by atoms with E-state index in [1.54, 1.807) is 0 Å². The van der Waals surface area contributed by atoms with E-state index in [4.69, 9.17) is 29.2 Å². The highest BCUT2D eigenvalue weighted by molar-refractivity contribution is 7.80. The second-order valence-electron chi connectivity index (χ2n) is 6.56. The van der Waals surface area contributed by atoms with Gasteiger partial charge >= 0.3 is 0 Å². The number of rotatable bonds is 9. The van der Waals surface area contributed by atoms with Crippen molar-refractivity contribution in [3.63, 3.8) is 0 Å². The fourth-order valence-electron chi connectivity index (χ4n) is 2.98. The summed E-state index contributed by atoms with van der Waals surface area (Å²) in [4.78, 5) is 0. The van der Waals surface area contributed by atoms with Crippen molar-refractivity contribution in [3.05, 3.63) is 35.9 Å². The van der Waals surface area contributed by atoms with E-state index in [9.17, 15) is 0 Å². The van der Waals surface area contributed by atoms with E-state index < -0.39 is 0 Å². The molecule has 0 spiro atoms. The SMILES string of the molecule is CCNC(=S)N/N=C1\CC[C@H](CCOCc2ccccc2)\C1=N/NC(=S)NCC. The Kier molecular flexibility index (Phi) is 10.5. The molecule has 158 valence electrons. The van der Waals surface area contributed by atoms with E-state index >= 15 is 0 Å². The maximum Gasteiger partial charge on any atom is 0.186 e. The van der Waals surface area contributed by atoms with Crippen LogP contribution in [0.1, 0.15) is 38.7 Å². The maximum absolute atomic E-state index is 5.86. The minimum Gasteiger partial charge on any atom is -0.377 e. The lowest BCUT2D eigenvalue weighted by Gasteiger charge is -2.13. The van der Waals surface area contributed by atoms with Crippen LogP contribution in [0, 0.1) is 5.92 Å². The molecule has 0 unspecified atom stereocenters. The smallest absolute Gasteiger partial charge is 0.186 e. The molecule has 0 bridgehead atoms. The Labute approximate surface area is 183 Å². The van der Waals surface area contributed by atoms with Crippen LogP contribution in [0.3, 0.4) is 0 Å². The van der Waals surface area contributed by atoms with Crippen molar-refractivity contribution in [3.8, 4) is 0 Å². The Morgan fingerprint density at radius 1 is 1.03 bits per heavy atom. The van der Waals surface area contributed by atoms with Crippen molar-refractivity contribution in [2.24, 2.45) is 16.1 Å². The van der Waals surface area contributed by atoms with Gasteiger partial charge in [0.15, 0.2) is 10.2 Å². The van der Waals surface area contributed by atoms with Gasteiger partial charge in [0.05, 0.1) is 18.0 Å². The van der Waals surface area contributed by atoms with Gasteiger partial charge in [0.1, 0.15) is 0 Å². The Bertz CT molecular complexity index is 723. The Morgan fingerprint density at radius 2 is 1.69 bits per heavy atom. The van der Waals surface area contributed by atoms with E-state index in [0.29, 0.717) is 23.4 Å². The monoisotopic (exact) mass is 434 g/mol. The normalized spacial score (nSPS) is 18.6. The van der Waals surface area contributed by atoms with Crippen LogP contribution in [0.4, 0.5) is 0 Å². The first-order chi connectivity index (χ1) is 14.1. The first-order valence-electron chi connectivity index (χ1n) is 9.97. The molecule has 1 fully saturated rings. The molecule has 29 heavy (non-hydrogen) atoms. The predicted molar refractivity (Wildman–Crippen MR) is 127 cm³/mol. The van der Waals surface area contributed by atoms with E-state index in [1.165, 1.54) is 5.56 Å². The Balaban J connectivity index is 1.95. The molecule has 0 saturated heterocycles. The molecule has 1 aromatic rings. The zero-order valence-corrected chi connectivity index (χ0v) is 18.7. The van der Waals surface area contributed by atoms with Crippen LogP contribution in [-0.4, -0.2) is 41.3 Å². The summed E-state index contributed by atoms with van der Waals surface area (Å²) in [5.74, 6) is 0.260. The largest absolute Gasteiger partial charge is 0.377 e. The van der Waals surface area contributed by atoms with Gasteiger partial charge in [0, 0.05) is 25.6 Å². The summed E-state index contributed by atoms with van der Waals surface area (Å²) in [6.45, 7) is 6.74. The number of thiocarbonyl (C=S) groups is 2. The highest BCUT2D eigenvalue weighted by Crippen LogP contribution is 2.24. The molecular weight excluding hydrogens is 404 g/mol. The summed E-state index contributed by atoms with van der Waals surface area (Å²) in [6, 6.07) is 10.2. The topological polar surface area (TPSA) is 82.1 Å². The molecule has 0 radical (unpaired) electrons. The third kappa shape index (κ3) is 8.43. The third-order valence-corrected chi connectivity index (χ3v) is 4.85. The van der Waals surface area contributed by atoms with Gasteiger partial charge in [0.2, 0.25) is 0 Å². The molecule has 2 rings (SSSR count). The average Bonchev–Trinajstić information content (AvgIpc) is 3.11. The molecule has 1 aliphatic rings. The van der Waals surface area contributed by atoms with Gasteiger partial charge in [-0.2, -0.15) is 10.2 Å². The number of benzene rings is 1. The van der Waals surface area contributed by atoms with Crippen molar-refractivity contribution in [2.75, 3.05) is 19.7 Å². The minimum atomic E-state index is 0.260. The van der Waals surface area contributed by atoms with Gasteiger partial charge < -0.3 is 15.4 Å². The molecule has 1 aliphatic carbocycles. The fraction of sp³-hybridized carbons (Fsp3) is 0.500. The summed E-state index contributed by atoms with van der Waals surface area (Å²) in [7, 11) is 0. The molecule has 0 heterocycles. The van der Waals surface area contributed by atoms with Gasteiger partial charge in [-0.1, -0.05) is 30.3 Å². The number of nitrogens with zero attached hydrogens (tertiary/aromatic N) is 2. The van der Waals surface area contributed by atoms with Gasteiger partial charge in [-0.3, -0.25) is 10.9 Å². The van der Waals surface area contributed by atoms with Gasteiger partial charge in [-0.05, 0) is 63.1 Å². The van der Waals surface area contributed by atoms with Crippen LogP contribution in [0.15, 0.2) is 40.5 Å². The fourth-order valence-corrected chi connectivity index (χ4v) is 3.36. The highest BCUT2D eigenvalue weighted by Gasteiger charge is 2.29. The summed E-state index contributed by atoms with van der Waals surface area (Å²) < 4.78 is 5.86. The first-order valence-corrected chi connectivity index (χ1v) is 10.8. The summed E-state index contributed by atoms with van der Waals surface area (Å²) in [5, 5.41) is 16.1. The molecular formula is C20H30N6OS2. The lowest BCUT2D eigenvalue weighted by Crippen LogP contribution is -2.35. The zero-order valence-electron chi connectivity index (χ0n) is 17.0.